The molecule has 29 heavy (non-hydrogen) atoms. The number of guanidine groups is 1. The standard InChI is InChI=1S/C21H30N6O.HI/c1-4-23-21(27-11-9-18(15-27)19-13-25-26(3)14-19)24-10-8-16-6-5-7-17(12-16)20(28)22-2;/h5-7,12-14,18H,4,8-11,15H2,1-3H3,(H,22,28)(H,23,24);1H. The number of carbonyl (C=O) groups is 1. The van der Waals surface area contributed by atoms with Crippen molar-refractivity contribution in [1.29, 1.82) is 0 Å². The zero-order valence-corrected chi connectivity index (χ0v) is 19.7. The molecule has 1 saturated heterocycles. The van der Waals surface area contributed by atoms with E-state index in [2.05, 4.69) is 33.8 Å². The van der Waals surface area contributed by atoms with Crippen molar-refractivity contribution in [2.45, 2.75) is 25.7 Å². The van der Waals surface area contributed by atoms with Crippen LogP contribution in [0, 0.1) is 0 Å². The summed E-state index contributed by atoms with van der Waals surface area (Å²) in [5.74, 6) is 1.41. The van der Waals surface area contributed by atoms with Gasteiger partial charge in [-0.15, -0.1) is 24.0 Å². The van der Waals surface area contributed by atoms with Crippen LogP contribution in [0.1, 0.15) is 40.7 Å². The summed E-state index contributed by atoms with van der Waals surface area (Å²) in [7, 11) is 3.61. The van der Waals surface area contributed by atoms with E-state index in [1.807, 2.05) is 42.2 Å². The minimum Gasteiger partial charge on any atom is -0.357 e. The molecule has 1 aromatic carbocycles. The van der Waals surface area contributed by atoms with E-state index >= 15 is 0 Å². The quantitative estimate of drug-likeness (QED) is 0.356. The fourth-order valence-electron chi connectivity index (χ4n) is 3.60. The van der Waals surface area contributed by atoms with E-state index in [1.54, 1.807) is 7.05 Å². The van der Waals surface area contributed by atoms with Crippen LogP contribution in [-0.2, 0) is 13.5 Å². The van der Waals surface area contributed by atoms with Crippen LogP contribution in [0.5, 0.6) is 0 Å². The minimum atomic E-state index is -0.0581. The van der Waals surface area contributed by atoms with Gasteiger partial charge in [0.15, 0.2) is 5.96 Å². The van der Waals surface area contributed by atoms with E-state index in [9.17, 15) is 4.79 Å². The summed E-state index contributed by atoms with van der Waals surface area (Å²) in [6.07, 6.45) is 6.00. The summed E-state index contributed by atoms with van der Waals surface area (Å²) in [6, 6.07) is 7.74. The lowest BCUT2D eigenvalue weighted by molar-refractivity contribution is 0.0963. The number of hydrogen-bond acceptors (Lipinski definition) is 3. The van der Waals surface area contributed by atoms with Gasteiger partial charge in [-0.05, 0) is 43.0 Å². The second-order valence-corrected chi connectivity index (χ2v) is 7.14. The molecule has 2 aromatic rings. The first kappa shape index (κ1) is 23.2. The van der Waals surface area contributed by atoms with Gasteiger partial charge in [0.2, 0.25) is 0 Å². The molecule has 1 fully saturated rings. The molecule has 1 aromatic heterocycles. The van der Waals surface area contributed by atoms with Crippen LogP contribution in [-0.4, -0.2) is 59.8 Å². The average molecular weight is 510 g/mol. The summed E-state index contributed by atoms with van der Waals surface area (Å²) < 4.78 is 1.87. The fraction of sp³-hybridized carbons (Fsp3) is 0.476. The molecule has 1 aliphatic rings. The highest BCUT2D eigenvalue weighted by atomic mass is 127. The van der Waals surface area contributed by atoms with Crippen molar-refractivity contribution in [2.24, 2.45) is 12.0 Å². The number of halogens is 1. The van der Waals surface area contributed by atoms with E-state index in [0.717, 1.165) is 44.0 Å². The topological polar surface area (TPSA) is 74.6 Å². The van der Waals surface area contributed by atoms with Crippen molar-refractivity contribution in [3.63, 3.8) is 0 Å². The number of carbonyl (C=O) groups excluding carboxylic acids is 1. The van der Waals surface area contributed by atoms with Crippen molar-refractivity contribution in [3.05, 3.63) is 53.3 Å². The molecule has 2 N–H and O–H groups in total. The Morgan fingerprint density at radius 1 is 1.38 bits per heavy atom. The predicted molar refractivity (Wildman–Crippen MR) is 127 cm³/mol. The molecule has 0 saturated carbocycles. The first-order valence-electron chi connectivity index (χ1n) is 9.93. The lowest BCUT2D eigenvalue weighted by Gasteiger charge is -2.21. The van der Waals surface area contributed by atoms with Crippen LogP contribution in [0.25, 0.3) is 0 Å². The monoisotopic (exact) mass is 510 g/mol. The Labute approximate surface area is 190 Å². The van der Waals surface area contributed by atoms with E-state index in [0.29, 0.717) is 18.0 Å². The highest BCUT2D eigenvalue weighted by Gasteiger charge is 2.26. The van der Waals surface area contributed by atoms with Gasteiger partial charge in [-0.25, -0.2) is 0 Å². The Bertz CT molecular complexity index is 834. The molecule has 0 bridgehead atoms. The van der Waals surface area contributed by atoms with Crippen LogP contribution in [0.2, 0.25) is 0 Å². The summed E-state index contributed by atoms with van der Waals surface area (Å²) >= 11 is 0. The largest absolute Gasteiger partial charge is 0.357 e. The zero-order chi connectivity index (χ0) is 19.9. The molecule has 0 radical (unpaired) electrons. The van der Waals surface area contributed by atoms with Gasteiger partial charge in [-0.2, -0.15) is 5.10 Å². The Hall–Kier alpha value is -2.10. The van der Waals surface area contributed by atoms with Crippen LogP contribution >= 0.6 is 24.0 Å². The molecule has 1 amide bonds. The first-order chi connectivity index (χ1) is 13.6. The van der Waals surface area contributed by atoms with Gasteiger partial charge < -0.3 is 15.5 Å². The number of benzene rings is 1. The van der Waals surface area contributed by atoms with Gasteiger partial charge in [0, 0.05) is 58.0 Å². The maximum absolute atomic E-state index is 11.8. The SMILES string of the molecule is CCNC(=NCCc1cccc(C(=O)NC)c1)N1CCC(c2cnn(C)c2)C1.I. The Kier molecular flexibility index (Phi) is 8.94. The van der Waals surface area contributed by atoms with Gasteiger partial charge >= 0.3 is 0 Å². The normalized spacial score (nSPS) is 16.4. The van der Waals surface area contributed by atoms with Crippen molar-refractivity contribution in [3.8, 4) is 0 Å². The van der Waals surface area contributed by atoms with Crippen LogP contribution < -0.4 is 10.6 Å². The maximum Gasteiger partial charge on any atom is 0.251 e. The molecule has 0 aliphatic carbocycles. The number of hydrogen-bond donors (Lipinski definition) is 2. The molecular weight excluding hydrogens is 479 g/mol. The molecule has 1 unspecified atom stereocenters. The molecule has 3 rings (SSSR count). The smallest absolute Gasteiger partial charge is 0.251 e. The van der Waals surface area contributed by atoms with E-state index < -0.39 is 0 Å². The predicted octanol–water partition coefficient (Wildman–Crippen LogP) is 2.40. The van der Waals surface area contributed by atoms with Gasteiger partial charge in [-0.3, -0.25) is 14.5 Å². The highest BCUT2D eigenvalue weighted by molar-refractivity contribution is 14.0. The third kappa shape index (κ3) is 6.19. The summed E-state index contributed by atoms with van der Waals surface area (Å²) in [5.41, 5.74) is 3.11. The highest BCUT2D eigenvalue weighted by Crippen LogP contribution is 2.26. The third-order valence-electron chi connectivity index (χ3n) is 5.10. The molecular formula is C21H31IN6O. The molecule has 8 heteroatoms. The second-order valence-electron chi connectivity index (χ2n) is 7.14. The Balaban J connectivity index is 0.00000300. The summed E-state index contributed by atoms with van der Waals surface area (Å²) in [4.78, 5) is 19.0. The molecule has 1 atom stereocenters. The number of aryl methyl sites for hydroxylation is 1. The minimum absolute atomic E-state index is 0. The molecule has 2 heterocycles. The number of rotatable bonds is 6. The number of nitrogens with one attached hydrogen (secondary N) is 2. The van der Waals surface area contributed by atoms with Gasteiger partial charge in [0.05, 0.1) is 6.20 Å². The zero-order valence-electron chi connectivity index (χ0n) is 17.4. The summed E-state index contributed by atoms with van der Waals surface area (Å²) in [6.45, 7) is 5.59. The van der Waals surface area contributed by atoms with E-state index in [4.69, 9.17) is 4.99 Å². The van der Waals surface area contributed by atoms with Gasteiger partial charge in [0.1, 0.15) is 0 Å². The first-order valence-corrected chi connectivity index (χ1v) is 9.93. The third-order valence-corrected chi connectivity index (χ3v) is 5.10. The van der Waals surface area contributed by atoms with Crippen molar-refractivity contribution in [1.82, 2.24) is 25.3 Å². The maximum atomic E-state index is 11.8. The lowest BCUT2D eigenvalue weighted by atomic mass is 10.0. The Morgan fingerprint density at radius 3 is 2.90 bits per heavy atom. The average Bonchev–Trinajstić information content (AvgIpc) is 3.36. The number of aromatic nitrogens is 2. The van der Waals surface area contributed by atoms with Crippen molar-refractivity contribution in [2.75, 3.05) is 33.2 Å². The molecule has 1 aliphatic heterocycles. The Morgan fingerprint density at radius 2 is 2.21 bits per heavy atom. The molecule has 7 nitrogen and oxygen atoms in total. The van der Waals surface area contributed by atoms with Gasteiger partial charge in [-0.1, -0.05) is 12.1 Å². The molecule has 0 spiro atoms. The van der Waals surface area contributed by atoms with Crippen LogP contribution in [0.4, 0.5) is 0 Å². The van der Waals surface area contributed by atoms with Crippen molar-refractivity contribution >= 4 is 35.8 Å². The summed E-state index contributed by atoms with van der Waals surface area (Å²) in [5, 5.41) is 10.4. The number of nitrogens with zero attached hydrogens (tertiary/aromatic N) is 4. The van der Waals surface area contributed by atoms with Crippen LogP contribution in [0.3, 0.4) is 0 Å². The lowest BCUT2D eigenvalue weighted by Crippen LogP contribution is -2.40. The second kappa shape index (κ2) is 11.2. The number of aliphatic imine (C=N–C) groups is 1. The van der Waals surface area contributed by atoms with Crippen LogP contribution in [0.15, 0.2) is 41.7 Å². The number of likely N-dealkylation sites (tertiary alicyclic amines) is 1. The molecule has 158 valence electrons. The number of amides is 1. The van der Waals surface area contributed by atoms with E-state index in [-0.39, 0.29) is 29.9 Å². The van der Waals surface area contributed by atoms with Gasteiger partial charge in [0.25, 0.3) is 5.91 Å². The van der Waals surface area contributed by atoms with Crippen molar-refractivity contribution < 1.29 is 4.79 Å². The fourth-order valence-corrected chi connectivity index (χ4v) is 3.60. The van der Waals surface area contributed by atoms with E-state index in [1.165, 1.54) is 5.56 Å².